The van der Waals surface area contributed by atoms with Crippen molar-refractivity contribution in [2.24, 2.45) is 0 Å². The van der Waals surface area contributed by atoms with E-state index in [4.69, 9.17) is 14.5 Å². The van der Waals surface area contributed by atoms with Gasteiger partial charge in [0.1, 0.15) is 0 Å². The van der Waals surface area contributed by atoms with Crippen molar-refractivity contribution in [3.05, 3.63) is 66.3 Å². The van der Waals surface area contributed by atoms with Gasteiger partial charge in [-0.3, -0.25) is 4.90 Å². The Labute approximate surface area is 187 Å². The van der Waals surface area contributed by atoms with Crippen LogP contribution in [0.25, 0.3) is 22.2 Å². The molecule has 2 aliphatic rings. The Morgan fingerprint density at radius 3 is 2.56 bits per heavy atom. The highest BCUT2D eigenvalue weighted by molar-refractivity contribution is 5.93. The second kappa shape index (κ2) is 8.31. The highest BCUT2D eigenvalue weighted by atomic mass is 16.5. The summed E-state index contributed by atoms with van der Waals surface area (Å²) >= 11 is 0. The van der Waals surface area contributed by atoms with Crippen LogP contribution in [0, 0.1) is 0 Å². The Morgan fingerprint density at radius 2 is 1.69 bits per heavy atom. The first-order valence-corrected chi connectivity index (χ1v) is 11.5. The van der Waals surface area contributed by atoms with Gasteiger partial charge in [0.05, 0.1) is 17.8 Å². The third kappa shape index (κ3) is 3.96. The van der Waals surface area contributed by atoms with E-state index in [1.54, 1.807) is 0 Å². The van der Waals surface area contributed by atoms with Gasteiger partial charge in [-0.2, -0.15) is 4.98 Å². The normalized spacial score (nSPS) is 17.6. The van der Waals surface area contributed by atoms with Crippen LogP contribution in [-0.2, 0) is 6.54 Å². The van der Waals surface area contributed by atoms with Crippen molar-refractivity contribution in [1.82, 2.24) is 25.0 Å². The van der Waals surface area contributed by atoms with Crippen molar-refractivity contribution in [2.75, 3.05) is 31.1 Å². The first-order valence-electron chi connectivity index (χ1n) is 11.5. The molecule has 0 amide bonds. The molecule has 2 aromatic heterocycles. The summed E-state index contributed by atoms with van der Waals surface area (Å²) in [5, 5.41) is 5.28. The molecule has 32 heavy (non-hydrogen) atoms. The van der Waals surface area contributed by atoms with Crippen molar-refractivity contribution in [2.45, 2.75) is 31.7 Å². The largest absolute Gasteiger partial charge is 0.339 e. The lowest BCUT2D eigenvalue weighted by atomic mass is 10.1. The molecule has 1 aliphatic heterocycles. The van der Waals surface area contributed by atoms with Crippen LogP contribution in [0.1, 0.15) is 36.9 Å². The Hall–Kier alpha value is -3.32. The molecule has 0 radical (unpaired) electrons. The molecule has 7 nitrogen and oxygen atoms in total. The van der Waals surface area contributed by atoms with Gasteiger partial charge in [-0.05, 0) is 25.3 Å². The summed E-state index contributed by atoms with van der Waals surface area (Å²) in [5.41, 5.74) is 3.09. The smallest absolute Gasteiger partial charge is 0.229 e. The van der Waals surface area contributed by atoms with E-state index in [0.717, 1.165) is 79.0 Å². The first kappa shape index (κ1) is 19.4. The third-order valence-corrected chi connectivity index (χ3v) is 6.29. The van der Waals surface area contributed by atoms with Crippen molar-refractivity contribution in [3.63, 3.8) is 0 Å². The summed E-state index contributed by atoms with van der Waals surface area (Å²) in [5.74, 6) is 2.92. The maximum absolute atomic E-state index is 5.43. The van der Waals surface area contributed by atoms with E-state index in [0.29, 0.717) is 5.92 Å². The lowest BCUT2D eigenvalue weighted by molar-refractivity contribution is 0.271. The minimum absolute atomic E-state index is 0.500. The van der Waals surface area contributed by atoms with Gasteiger partial charge < -0.3 is 9.42 Å². The standard InChI is InChI=1S/C25H26N6O/c1-2-7-18(8-3-1)23-20-9-4-5-10-21(20)26-25(28-23)31-14-6-13-30(15-16-31)17-22-27-24(32-29-22)19-11-12-19/h1-5,7-10,19H,6,11-17H2. The van der Waals surface area contributed by atoms with Gasteiger partial charge in [-0.25, -0.2) is 9.97 Å². The highest BCUT2D eigenvalue weighted by Gasteiger charge is 2.30. The maximum atomic E-state index is 5.43. The second-order valence-electron chi connectivity index (χ2n) is 8.70. The number of fused-ring (bicyclic) bond motifs is 1. The fourth-order valence-electron chi connectivity index (χ4n) is 4.38. The van der Waals surface area contributed by atoms with Crippen LogP contribution in [0.5, 0.6) is 0 Å². The molecule has 2 fully saturated rings. The number of hydrogen-bond donors (Lipinski definition) is 0. The number of nitrogens with zero attached hydrogens (tertiary/aromatic N) is 6. The predicted molar refractivity (Wildman–Crippen MR) is 123 cm³/mol. The molecule has 2 aromatic carbocycles. The molecule has 3 heterocycles. The van der Waals surface area contributed by atoms with E-state index in [2.05, 4.69) is 56.3 Å². The van der Waals surface area contributed by atoms with E-state index in [1.165, 1.54) is 12.8 Å². The lowest BCUT2D eigenvalue weighted by Crippen LogP contribution is -2.31. The van der Waals surface area contributed by atoms with Gasteiger partial charge in [0.25, 0.3) is 0 Å². The van der Waals surface area contributed by atoms with Crippen molar-refractivity contribution in [1.29, 1.82) is 0 Å². The van der Waals surface area contributed by atoms with Crippen molar-refractivity contribution >= 4 is 16.9 Å². The first-order chi connectivity index (χ1) is 15.8. The lowest BCUT2D eigenvalue weighted by Gasteiger charge is -2.22. The van der Waals surface area contributed by atoms with Gasteiger partial charge in [0, 0.05) is 43.0 Å². The Balaban J connectivity index is 1.23. The average Bonchev–Trinajstić information content (AvgIpc) is 3.63. The summed E-state index contributed by atoms with van der Waals surface area (Å²) < 4.78 is 5.43. The zero-order valence-electron chi connectivity index (χ0n) is 18.0. The van der Waals surface area contributed by atoms with Crippen LogP contribution in [-0.4, -0.2) is 51.2 Å². The van der Waals surface area contributed by atoms with Gasteiger partial charge in [-0.15, -0.1) is 0 Å². The molecule has 1 saturated carbocycles. The van der Waals surface area contributed by atoms with Gasteiger partial charge >= 0.3 is 0 Å². The van der Waals surface area contributed by atoms with Crippen LogP contribution < -0.4 is 4.90 Å². The van der Waals surface area contributed by atoms with E-state index in [1.807, 2.05) is 18.2 Å². The van der Waals surface area contributed by atoms with E-state index >= 15 is 0 Å². The summed E-state index contributed by atoms with van der Waals surface area (Å²) in [6.45, 7) is 4.47. The third-order valence-electron chi connectivity index (χ3n) is 6.29. The van der Waals surface area contributed by atoms with Crippen LogP contribution in [0.3, 0.4) is 0 Å². The molecule has 0 unspecified atom stereocenters. The number of para-hydroxylation sites is 1. The van der Waals surface area contributed by atoms with Gasteiger partial charge in [-0.1, -0.05) is 53.7 Å². The minimum Gasteiger partial charge on any atom is -0.339 e. The topological polar surface area (TPSA) is 71.2 Å². The summed E-state index contributed by atoms with van der Waals surface area (Å²) in [6.07, 6.45) is 3.40. The van der Waals surface area contributed by atoms with Crippen molar-refractivity contribution < 1.29 is 4.52 Å². The number of benzene rings is 2. The molecule has 0 atom stereocenters. The number of rotatable bonds is 5. The molecule has 0 N–H and O–H groups in total. The Bertz CT molecular complexity index is 1220. The molecule has 1 aliphatic carbocycles. The fourth-order valence-corrected chi connectivity index (χ4v) is 4.38. The average molecular weight is 427 g/mol. The maximum Gasteiger partial charge on any atom is 0.229 e. The van der Waals surface area contributed by atoms with Crippen LogP contribution >= 0.6 is 0 Å². The molecular formula is C25H26N6O. The molecule has 0 bridgehead atoms. The second-order valence-corrected chi connectivity index (χ2v) is 8.70. The predicted octanol–water partition coefficient (Wildman–Crippen LogP) is 4.27. The van der Waals surface area contributed by atoms with Crippen LogP contribution in [0.4, 0.5) is 5.95 Å². The SMILES string of the molecule is c1ccc(-c2nc(N3CCCN(Cc4noc(C5CC5)n4)CC3)nc3ccccc23)cc1. The molecule has 1 saturated heterocycles. The Kier molecular flexibility index (Phi) is 5.03. The Morgan fingerprint density at radius 1 is 0.844 bits per heavy atom. The molecule has 7 heteroatoms. The molecule has 6 rings (SSSR count). The van der Waals surface area contributed by atoms with Crippen molar-refractivity contribution in [3.8, 4) is 11.3 Å². The summed E-state index contributed by atoms with van der Waals surface area (Å²) in [6, 6.07) is 18.6. The zero-order valence-corrected chi connectivity index (χ0v) is 18.0. The fraction of sp³-hybridized carbons (Fsp3) is 0.360. The molecule has 162 valence electrons. The van der Waals surface area contributed by atoms with Gasteiger partial charge in [0.2, 0.25) is 11.8 Å². The molecule has 4 aromatic rings. The molecule has 0 spiro atoms. The zero-order chi connectivity index (χ0) is 21.3. The number of hydrogen-bond acceptors (Lipinski definition) is 7. The van der Waals surface area contributed by atoms with Crippen LogP contribution in [0.2, 0.25) is 0 Å². The minimum atomic E-state index is 0.500. The van der Waals surface area contributed by atoms with Gasteiger partial charge in [0.15, 0.2) is 5.82 Å². The number of aromatic nitrogens is 4. The quantitative estimate of drug-likeness (QED) is 0.472. The summed E-state index contributed by atoms with van der Waals surface area (Å²) in [7, 11) is 0. The number of anilines is 1. The monoisotopic (exact) mass is 426 g/mol. The highest BCUT2D eigenvalue weighted by Crippen LogP contribution is 2.38. The van der Waals surface area contributed by atoms with Crippen LogP contribution in [0.15, 0.2) is 59.1 Å². The van der Waals surface area contributed by atoms with E-state index < -0.39 is 0 Å². The summed E-state index contributed by atoms with van der Waals surface area (Å²) in [4.78, 5) is 19.3. The van der Waals surface area contributed by atoms with E-state index in [9.17, 15) is 0 Å². The molecular weight excluding hydrogens is 400 g/mol. The van der Waals surface area contributed by atoms with E-state index in [-0.39, 0.29) is 0 Å².